The molecule has 0 aliphatic rings. The number of carbonyl (C=O) groups is 1. The topological polar surface area (TPSA) is 42.2 Å². The summed E-state index contributed by atoms with van der Waals surface area (Å²) < 4.78 is 7.90. The Bertz CT molecular complexity index is 862. The third kappa shape index (κ3) is 12.0. The number of aryl methyl sites for hydroxylation is 1. The van der Waals surface area contributed by atoms with Crippen molar-refractivity contribution in [3.8, 4) is 5.75 Å². The zero-order valence-electron chi connectivity index (χ0n) is 21.8. The van der Waals surface area contributed by atoms with Gasteiger partial charge in [0.15, 0.2) is 6.20 Å². The maximum absolute atomic E-state index is 12.8. The smallest absolute Gasteiger partial charge is 0.316 e. The summed E-state index contributed by atoms with van der Waals surface area (Å²) in [6.07, 6.45) is 16.0. The summed E-state index contributed by atoms with van der Waals surface area (Å²) in [5, 5.41) is 3.68. The lowest BCUT2D eigenvalue weighted by Gasteiger charge is -2.16. The minimum absolute atomic E-state index is 0. The fraction of sp³-hybridized carbons (Fsp3) is 0.586. The average Bonchev–Trinajstić information content (AvgIpc) is 2.83. The molecule has 0 fully saturated rings. The van der Waals surface area contributed by atoms with E-state index in [0.717, 1.165) is 24.9 Å². The standard InChI is InChI=1S/C29H43ClN2O2.HI/c1-4-6-7-8-9-10-11-12-13-16-22-34-28-19-18-25(23-26(28)30)24(3)31-29(33)27-17-14-15-21-32(27)20-5-2;/h14-15,17-19,21,23-24H,4-13,16,20,22H2,1-3H3;1H. The largest absolute Gasteiger partial charge is 1.00 e. The van der Waals surface area contributed by atoms with E-state index in [-0.39, 0.29) is 35.9 Å². The molecule has 0 radical (unpaired) electrons. The van der Waals surface area contributed by atoms with Crippen LogP contribution in [0, 0.1) is 0 Å². The van der Waals surface area contributed by atoms with Gasteiger partial charge in [-0.05, 0) is 37.1 Å². The predicted molar refractivity (Wildman–Crippen MR) is 142 cm³/mol. The number of nitrogens with one attached hydrogen (secondary N) is 1. The minimum Gasteiger partial charge on any atom is -1.00 e. The van der Waals surface area contributed by atoms with E-state index in [1.54, 1.807) is 0 Å². The maximum Gasteiger partial charge on any atom is 0.316 e. The Labute approximate surface area is 235 Å². The van der Waals surface area contributed by atoms with Gasteiger partial charge in [0.25, 0.3) is 5.69 Å². The quantitative estimate of drug-likeness (QED) is 0.158. The SMILES string of the molecule is CCCCCCCCCCCCOc1ccc(C(C)NC(=O)c2cccc[n+]2CCC)cc1Cl.[I-]. The third-order valence-electron chi connectivity index (χ3n) is 6.20. The number of rotatable bonds is 17. The van der Waals surface area contributed by atoms with Crippen molar-refractivity contribution in [2.24, 2.45) is 0 Å². The van der Waals surface area contributed by atoms with E-state index in [9.17, 15) is 4.79 Å². The normalized spacial score (nSPS) is 11.5. The molecule has 1 heterocycles. The lowest BCUT2D eigenvalue weighted by molar-refractivity contribution is -0.698. The van der Waals surface area contributed by atoms with Gasteiger partial charge in [0.1, 0.15) is 12.3 Å². The van der Waals surface area contributed by atoms with Crippen LogP contribution in [0.3, 0.4) is 0 Å². The first-order valence-corrected chi connectivity index (χ1v) is 13.7. The molecular weight excluding hydrogens is 571 g/mol. The van der Waals surface area contributed by atoms with Crippen molar-refractivity contribution < 1.29 is 38.1 Å². The summed E-state index contributed by atoms with van der Waals surface area (Å²) in [4.78, 5) is 12.8. The van der Waals surface area contributed by atoms with Crippen LogP contribution in [0.1, 0.15) is 113 Å². The Hall–Kier alpha value is -1.34. The number of unbranched alkanes of at least 4 members (excludes halogenated alkanes) is 9. The van der Waals surface area contributed by atoms with Crippen molar-refractivity contribution in [3.63, 3.8) is 0 Å². The number of carbonyl (C=O) groups excluding carboxylic acids is 1. The van der Waals surface area contributed by atoms with Gasteiger partial charge in [0.2, 0.25) is 0 Å². The summed E-state index contributed by atoms with van der Waals surface area (Å²) >= 11 is 6.49. The Kier molecular flexibility index (Phi) is 17.1. The molecule has 1 amide bonds. The first kappa shape index (κ1) is 31.7. The molecule has 1 aromatic heterocycles. The molecule has 6 heteroatoms. The second-order valence-electron chi connectivity index (χ2n) is 9.19. The van der Waals surface area contributed by atoms with Gasteiger partial charge in [-0.2, -0.15) is 4.57 Å². The van der Waals surface area contributed by atoms with Crippen molar-refractivity contribution >= 4 is 17.5 Å². The molecular formula is C29H44ClIN2O2. The summed E-state index contributed by atoms with van der Waals surface area (Å²) in [6.45, 7) is 7.84. The highest BCUT2D eigenvalue weighted by Crippen LogP contribution is 2.28. The minimum atomic E-state index is -0.156. The highest BCUT2D eigenvalue weighted by molar-refractivity contribution is 6.32. The molecule has 1 atom stereocenters. The zero-order chi connectivity index (χ0) is 24.6. The van der Waals surface area contributed by atoms with Crippen LogP contribution >= 0.6 is 11.6 Å². The van der Waals surface area contributed by atoms with Crippen molar-refractivity contribution in [1.29, 1.82) is 0 Å². The van der Waals surface area contributed by atoms with Gasteiger partial charge in [0.05, 0.1) is 17.7 Å². The van der Waals surface area contributed by atoms with Crippen LogP contribution < -0.4 is 38.6 Å². The summed E-state index contributed by atoms with van der Waals surface area (Å²) in [6, 6.07) is 11.3. The predicted octanol–water partition coefficient (Wildman–Crippen LogP) is 4.83. The molecule has 0 saturated carbocycles. The number of ether oxygens (including phenoxy) is 1. The fourth-order valence-electron chi connectivity index (χ4n) is 4.15. The molecule has 196 valence electrons. The molecule has 35 heavy (non-hydrogen) atoms. The molecule has 2 aromatic rings. The van der Waals surface area contributed by atoms with Gasteiger partial charge in [-0.3, -0.25) is 4.79 Å². The van der Waals surface area contributed by atoms with Crippen LogP contribution in [0.5, 0.6) is 5.75 Å². The van der Waals surface area contributed by atoms with Gasteiger partial charge in [-0.1, -0.05) is 89.3 Å². The lowest BCUT2D eigenvalue weighted by Crippen LogP contribution is -3.00. The third-order valence-corrected chi connectivity index (χ3v) is 6.49. The molecule has 1 aromatic carbocycles. The maximum atomic E-state index is 12.8. The molecule has 1 unspecified atom stereocenters. The van der Waals surface area contributed by atoms with Crippen LogP contribution in [-0.2, 0) is 6.54 Å². The number of nitrogens with zero attached hydrogens (tertiary/aromatic N) is 1. The van der Waals surface area contributed by atoms with Crippen LogP contribution in [-0.4, -0.2) is 12.5 Å². The Morgan fingerprint density at radius 2 is 1.60 bits per heavy atom. The monoisotopic (exact) mass is 614 g/mol. The summed E-state index contributed by atoms with van der Waals surface area (Å²) in [7, 11) is 0. The molecule has 0 aliphatic heterocycles. The number of aromatic nitrogens is 1. The van der Waals surface area contributed by atoms with Crippen molar-refractivity contribution in [2.45, 2.75) is 104 Å². The lowest BCUT2D eigenvalue weighted by atomic mass is 10.1. The van der Waals surface area contributed by atoms with Gasteiger partial charge in [-0.25, -0.2) is 0 Å². The van der Waals surface area contributed by atoms with Gasteiger partial charge in [-0.15, -0.1) is 0 Å². The van der Waals surface area contributed by atoms with Crippen molar-refractivity contribution in [2.75, 3.05) is 6.61 Å². The highest BCUT2D eigenvalue weighted by atomic mass is 127. The summed E-state index contributed by atoms with van der Waals surface area (Å²) in [5.41, 5.74) is 1.63. The zero-order valence-corrected chi connectivity index (χ0v) is 24.7. The van der Waals surface area contributed by atoms with Gasteiger partial charge >= 0.3 is 5.91 Å². The number of hydrogen-bond acceptors (Lipinski definition) is 2. The first-order chi connectivity index (χ1) is 16.6. The molecule has 0 saturated heterocycles. The van der Waals surface area contributed by atoms with Crippen LogP contribution in [0.15, 0.2) is 42.6 Å². The van der Waals surface area contributed by atoms with E-state index < -0.39 is 0 Å². The number of amides is 1. The first-order valence-electron chi connectivity index (χ1n) is 13.3. The highest BCUT2D eigenvalue weighted by Gasteiger charge is 2.20. The molecule has 4 nitrogen and oxygen atoms in total. The molecule has 1 N–H and O–H groups in total. The number of hydrogen-bond donors (Lipinski definition) is 1. The molecule has 0 aliphatic carbocycles. The molecule has 2 rings (SSSR count). The number of pyridine rings is 1. The van der Waals surface area contributed by atoms with E-state index in [1.165, 1.54) is 57.8 Å². The fourth-order valence-corrected chi connectivity index (χ4v) is 4.39. The summed E-state index contributed by atoms with van der Waals surface area (Å²) in [5.74, 6) is 0.627. The van der Waals surface area contributed by atoms with Gasteiger partial charge < -0.3 is 34.0 Å². The average molecular weight is 615 g/mol. The van der Waals surface area contributed by atoms with Crippen LogP contribution in [0.4, 0.5) is 0 Å². The van der Waals surface area contributed by atoms with E-state index in [2.05, 4.69) is 19.2 Å². The van der Waals surface area contributed by atoms with Crippen molar-refractivity contribution in [3.05, 3.63) is 58.9 Å². The Balaban J connectivity index is 0.00000612. The number of halogens is 2. The van der Waals surface area contributed by atoms with Gasteiger partial charge in [0, 0.05) is 18.6 Å². The van der Waals surface area contributed by atoms with Crippen LogP contribution in [0.25, 0.3) is 0 Å². The second-order valence-corrected chi connectivity index (χ2v) is 9.60. The van der Waals surface area contributed by atoms with E-state index >= 15 is 0 Å². The number of benzene rings is 1. The van der Waals surface area contributed by atoms with E-state index in [1.807, 2.05) is 54.1 Å². The molecule has 0 bridgehead atoms. The second kappa shape index (κ2) is 18.9. The Morgan fingerprint density at radius 3 is 2.23 bits per heavy atom. The molecule has 0 spiro atoms. The Morgan fingerprint density at radius 1 is 0.943 bits per heavy atom. The van der Waals surface area contributed by atoms with E-state index in [0.29, 0.717) is 23.1 Å². The van der Waals surface area contributed by atoms with Crippen LogP contribution in [0.2, 0.25) is 5.02 Å². The van der Waals surface area contributed by atoms with Crippen molar-refractivity contribution in [1.82, 2.24) is 5.32 Å². The van der Waals surface area contributed by atoms with E-state index in [4.69, 9.17) is 16.3 Å².